The largest absolute Gasteiger partial charge is 0.356 e. The van der Waals surface area contributed by atoms with Crippen molar-refractivity contribution in [2.75, 3.05) is 13.1 Å². The van der Waals surface area contributed by atoms with Gasteiger partial charge in [-0.05, 0) is 24.5 Å². The predicted octanol–water partition coefficient (Wildman–Crippen LogP) is 3.07. The van der Waals surface area contributed by atoms with Crippen molar-refractivity contribution < 1.29 is 9.59 Å². The van der Waals surface area contributed by atoms with Crippen LogP contribution in [0, 0.1) is 6.92 Å². The van der Waals surface area contributed by atoms with E-state index in [1.54, 1.807) is 0 Å². The molecule has 0 saturated heterocycles. The summed E-state index contributed by atoms with van der Waals surface area (Å²) < 4.78 is 0. The van der Waals surface area contributed by atoms with Crippen LogP contribution in [0.2, 0.25) is 0 Å². The van der Waals surface area contributed by atoms with Gasteiger partial charge in [0.25, 0.3) is 0 Å². The van der Waals surface area contributed by atoms with Gasteiger partial charge in [0.05, 0.1) is 12.3 Å². The zero-order chi connectivity index (χ0) is 19.1. The minimum Gasteiger partial charge on any atom is -0.356 e. The summed E-state index contributed by atoms with van der Waals surface area (Å²) in [6, 6.07) is 18.1. The second kappa shape index (κ2) is 9.12. The van der Waals surface area contributed by atoms with Crippen LogP contribution in [0.1, 0.15) is 36.0 Å². The Hall–Kier alpha value is -2.95. The average Bonchev–Trinajstić information content (AvgIpc) is 2.68. The van der Waals surface area contributed by atoms with Gasteiger partial charge in [0.1, 0.15) is 0 Å². The molecule has 0 aliphatic carbocycles. The molecule has 2 aromatic rings. The molecule has 140 valence electrons. The molecule has 1 aliphatic rings. The molecule has 1 heterocycles. The van der Waals surface area contributed by atoms with Crippen molar-refractivity contribution >= 4 is 17.5 Å². The molecule has 27 heavy (non-hydrogen) atoms. The van der Waals surface area contributed by atoms with Gasteiger partial charge in [-0.3, -0.25) is 9.59 Å². The van der Waals surface area contributed by atoms with Crippen molar-refractivity contribution in [2.45, 2.75) is 32.6 Å². The van der Waals surface area contributed by atoms with Crippen molar-refractivity contribution in [1.82, 2.24) is 10.3 Å². The number of nitrogens with zero attached hydrogens (tertiary/aromatic N) is 2. The van der Waals surface area contributed by atoms with Crippen molar-refractivity contribution in [1.29, 1.82) is 0 Å². The van der Waals surface area contributed by atoms with E-state index in [1.807, 2.05) is 36.4 Å². The van der Waals surface area contributed by atoms with E-state index in [2.05, 4.69) is 35.5 Å². The Morgan fingerprint density at radius 1 is 1.11 bits per heavy atom. The van der Waals surface area contributed by atoms with E-state index in [0.29, 0.717) is 25.9 Å². The third kappa shape index (κ3) is 5.51. The molecule has 0 atom stereocenters. The van der Waals surface area contributed by atoms with E-state index < -0.39 is 0 Å². The highest BCUT2D eigenvalue weighted by Crippen LogP contribution is 2.15. The summed E-state index contributed by atoms with van der Waals surface area (Å²) in [5, 5.41) is 8.82. The smallest absolute Gasteiger partial charge is 0.243 e. The molecule has 5 heteroatoms. The topological polar surface area (TPSA) is 61.8 Å². The molecule has 2 aromatic carbocycles. The molecular formula is C22H25N3O2. The first-order valence-corrected chi connectivity index (χ1v) is 9.37. The lowest BCUT2D eigenvalue weighted by atomic mass is 10.0. The maximum atomic E-state index is 12.1. The molecule has 3 rings (SSSR count). The highest BCUT2D eigenvalue weighted by atomic mass is 16.2. The summed E-state index contributed by atoms with van der Waals surface area (Å²) in [7, 11) is 0. The minimum atomic E-state index is -0.0579. The number of hydrogen-bond acceptors (Lipinski definition) is 3. The van der Waals surface area contributed by atoms with Crippen molar-refractivity contribution in [3.8, 4) is 0 Å². The number of hydrazone groups is 1. The SMILES string of the molecule is Cc1cccc(CCNC(=O)CCN2N=C(c3ccccc3)CCC2=O)c1. The van der Waals surface area contributed by atoms with E-state index >= 15 is 0 Å². The van der Waals surface area contributed by atoms with Crippen LogP contribution in [0.25, 0.3) is 0 Å². The van der Waals surface area contributed by atoms with Crippen LogP contribution in [-0.2, 0) is 16.0 Å². The lowest BCUT2D eigenvalue weighted by Crippen LogP contribution is -2.35. The van der Waals surface area contributed by atoms with Gasteiger partial charge in [0.2, 0.25) is 11.8 Å². The fourth-order valence-electron chi connectivity index (χ4n) is 3.12. The predicted molar refractivity (Wildman–Crippen MR) is 106 cm³/mol. The van der Waals surface area contributed by atoms with Gasteiger partial charge in [-0.2, -0.15) is 5.10 Å². The summed E-state index contributed by atoms with van der Waals surface area (Å²) in [5.74, 6) is -0.0836. The molecule has 0 saturated carbocycles. The Balaban J connectivity index is 1.48. The molecule has 0 fully saturated rings. The Morgan fingerprint density at radius 3 is 2.70 bits per heavy atom. The van der Waals surface area contributed by atoms with Gasteiger partial charge >= 0.3 is 0 Å². The van der Waals surface area contributed by atoms with Crippen LogP contribution in [0.4, 0.5) is 0 Å². The van der Waals surface area contributed by atoms with E-state index in [-0.39, 0.29) is 18.2 Å². The summed E-state index contributed by atoms with van der Waals surface area (Å²) in [6.07, 6.45) is 2.13. The zero-order valence-corrected chi connectivity index (χ0v) is 15.6. The van der Waals surface area contributed by atoms with E-state index in [4.69, 9.17) is 0 Å². The molecule has 0 unspecified atom stereocenters. The first-order chi connectivity index (χ1) is 13.1. The van der Waals surface area contributed by atoms with Gasteiger partial charge < -0.3 is 5.32 Å². The average molecular weight is 363 g/mol. The van der Waals surface area contributed by atoms with Crippen LogP contribution in [0.3, 0.4) is 0 Å². The van der Waals surface area contributed by atoms with Crippen LogP contribution in [-0.4, -0.2) is 35.6 Å². The van der Waals surface area contributed by atoms with Crippen molar-refractivity contribution in [3.63, 3.8) is 0 Å². The van der Waals surface area contributed by atoms with Crippen LogP contribution >= 0.6 is 0 Å². The molecule has 0 radical (unpaired) electrons. The summed E-state index contributed by atoms with van der Waals surface area (Å²) in [4.78, 5) is 24.2. The maximum Gasteiger partial charge on any atom is 0.243 e. The molecule has 1 N–H and O–H groups in total. The Morgan fingerprint density at radius 2 is 1.93 bits per heavy atom. The first-order valence-electron chi connectivity index (χ1n) is 9.37. The quantitative estimate of drug-likeness (QED) is 0.822. The number of rotatable bonds is 7. The van der Waals surface area contributed by atoms with Crippen LogP contribution in [0.15, 0.2) is 59.7 Å². The maximum absolute atomic E-state index is 12.1. The standard InChI is InChI=1S/C22H25N3O2/c1-17-6-5-7-18(16-17)12-14-23-21(26)13-15-25-22(27)11-10-20(24-25)19-8-3-2-4-9-19/h2-9,16H,10-15H2,1H3,(H,23,26). The summed E-state index contributed by atoms with van der Waals surface area (Å²) >= 11 is 0. The Kier molecular flexibility index (Phi) is 6.36. The number of nitrogens with one attached hydrogen (secondary N) is 1. The Labute approximate surface area is 160 Å². The van der Waals surface area contributed by atoms with Gasteiger partial charge in [-0.25, -0.2) is 5.01 Å². The van der Waals surface area contributed by atoms with Gasteiger partial charge in [0.15, 0.2) is 0 Å². The number of aryl methyl sites for hydroxylation is 1. The number of carbonyl (C=O) groups excluding carboxylic acids is 2. The van der Waals surface area contributed by atoms with Crippen LogP contribution in [0.5, 0.6) is 0 Å². The highest BCUT2D eigenvalue weighted by molar-refractivity contribution is 6.04. The second-order valence-corrected chi connectivity index (χ2v) is 6.77. The molecule has 0 spiro atoms. The van der Waals surface area contributed by atoms with Crippen LogP contribution < -0.4 is 5.32 Å². The monoisotopic (exact) mass is 363 g/mol. The Bertz CT molecular complexity index is 830. The van der Waals surface area contributed by atoms with Crippen molar-refractivity contribution in [3.05, 3.63) is 71.3 Å². The minimum absolute atomic E-state index is 0.0257. The van der Waals surface area contributed by atoms with Gasteiger partial charge in [-0.1, -0.05) is 60.2 Å². The zero-order valence-electron chi connectivity index (χ0n) is 15.6. The van der Waals surface area contributed by atoms with Crippen molar-refractivity contribution in [2.24, 2.45) is 5.10 Å². The number of carbonyl (C=O) groups is 2. The molecule has 1 aliphatic heterocycles. The molecule has 5 nitrogen and oxygen atoms in total. The van der Waals surface area contributed by atoms with E-state index in [1.165, 1.54) is 16.1 Å². The number of benzene rings is 2. The fraction of sp³-hybridized carbons (Fsp3) is 0.318. The first kappa shape index (κ1) is 18.8. The second-order valence-electron chi connectivity index (χ2n) is 6.77. The molecule has 2 amide bonds. The molecule has 0 aromatic heterocycles. The summed E-state index contributed by atoms with van der Waals surface area (Å²) in [5.41, 5.74) is 4.35. The highest BCUT2D eigenvalue weighted by Gasteiger charge is 2.21. The van der Waals surface area contributed by atoms with E-state index in [9.17, 15) is 9.59 Å². The summed E-state index contributed by atoms with van der Waals surface area (Å²) in [6.45, 7) is 2.96. The lowest BCUT2D eigenvalue weighted by molar-refractivity contribution is -0.132. The molecule has 0 bridgehead atoms. The number of hydrogen-bond donors (Lipinski definition) is 1. The third-order valence-corrected chi connectivity index (χ3v) is 4.58. The normalized spacial score (nSPS) is 14.0. The lowest BCUT2D eigenvalue weighted by Gasteiger charge is -2.23. The van der Waals surface area contributed by atoms with Gasteiger partial charge in [0, 0.05) is 25.8 Å². The molecular weight excluding hydrogens is 338 g/mol. The van der Waals surface area contributed by atoms with Gasteiger partial charge in [-0.15, -0.1) is 0 Å². The number of amides is 2. The van der Waals surface area contributed by atoms with E-state index in [0.717, 1.165) is 17.7 Å². The third-order valence-electron chi connectivity index (χ3n) is 4.58. The fourth-order valence-corrected chi connectivity index (χ4v) is 3.12.